The van der Waals surface area contributed by atoms with Gasteiger partial charge in [0.15, 0.2) is 0 Å². The largest absolute Gasteiger partial charge is 0.508 e. The number of fused-ring (bicyclic) bond motifs is 1. The summed E-state index contributed by atoms with van der Waals surface area (Å²) < 4.78 is 0. The summed E-state index contributed by atoms with van der Waals surface area (Å²) in [6.45, 7) is 1.99. The number of rotatable bonds is 3. The van der Waals surface area contributed by atoms with Crippen LogP contribution < -0.4 is 5.32 Å². The molecule has 0 unspecified atom stereocenters. The van der Waals surface area contributed by atoms with Crippen LogP contribution >= 0.6 is 11.3 Å². The summed E-state index contributed by atoms with van der Waals surface area (Å²) in [5, 5.41) is 15.1. The molecule has 26 heavy (non-hydrogen) atoms. The molecule has 4 nitrogen and oxygen atoms in total. The number of hydrogen-bond acceptors (Lipinski definition) is 4. The molecule has 0 saturated heterocycles. The Hall–Kier alpha value is -3.18. The van der Waals surface area contributed by atoms with Gasteiger partial charge in [-0.05, 0) is 60.8 Å². The Kier molecular flexibility index (Phi) is 4.14. The number of hydrogen-bond donors (Lipinski definition) is 2. The lowest BCUT2D eigenvalue weighted by molar-refractivity contribution is 0.102. The van der Waals surface area contributed by atoms with E-state index in [0.717, 1.165) is 27.0 Å². The molecule has 0 atom stereocenters. The van der Waals surface area contributed by atoms with E-state index in [-0.39, 0.29) is 11.7 Å². The summed E-state index contributed by atoms with van der Waals surface area (Å²) in [4.78, 5) is 18.7. The fraction of sp³-hybridized carbons (Fsp3) is 0.0476. The van der Waals surface area contributed by atoms with E-state index in [1.54, 1.807) is 35.6 Å². The fourth-order valence-electron chi connectivity index (χ4n) is 2.82. The molecule has 0 aliphatic carbocycles. The third kappa shape index (κ3) is 3.17. The summed E-state index contributed by atoms with van der Waals surface area (Å²) in [6, 6.07) is 18.1. The molecule has 1 amide bonds. The van der Waals surface area contributed by atoms with Gasteiger partial charge >= 0.3 is 0 Å². The zero-order chi connectivity index (χ0) is 18.1. The Morgan fingerprint density at radius 2 is 1.88 bits per heavy atom. The number of aromatic nitrogens is 1. The Morgan fingerprint density at radius 1 is 1.08 bits per heavy atom. The number of benzene rings is 2. The number of aryl methyl sites for hydroxylation is 1. The lowest BCUT2D eigenvalue weighted by Crippen LogP contribution is -2.13. The number of phenols is 1. The second-order valence-corrected chi connectivity index (χ2v) is 7.00. The average Bonchev–Trinajstić information content (AvgIpc) is 3.17. The van der Waals surface area contributed by atoms with E-state index in [0.29, 0.717) is 11.3 Å². The molecule has 0 bridgehead atoms. The van der Waals surface area contributed by atoms with Gasteiger partial charge in [-0.2, -0.15) is 0 Å². The highest BCUT2D eigenvalue weighted by atomic mass is 32.1. The van der Waals surface area contributed by atoms with Crippen LogP contribution in [-0.2, 0) is 0 Å². The number of carbonyl (C=O) groups is 1. The van der Waals surface area contributed by atoms with Crippen LogP contribution in [-0.4, -0.2) is 16.0 Å². The minimum absolute atomic E-state index is 0.160. The van der Waals surface area contributed by atoms with Crippen molar-refractivity contribution in [1.82, 2.24) is 4.98 Å². The molecule has 4 aromatic rings. The number of thiophene rings is 1. The van der Waals surface area contributed by atoms with Crippen molar-refractivity contribution in [2.75, 3.05) is 5.32 Å². The minimum Gasteiger partial charge on any atom is -0.508 e. The molecule has 128 valence electrons. The van der Waals surface area contributed by atoms with Crippen molar-refractivity contribution < 1.29 is 9.90 Å². The highest BCUT2D eigenvalue weighted by Gasteiger charge is 2.15. The van der Waals surface area contributed by atoms with Crippen molar-refractivity contribution in [3.05, 3.63) is 77.2 Å². The first-order valence-electron chi connectivity index (χ1n) is 8.16. The van der Waals surface area contributed by atoms with Crippen molar-refractivity contribution in [3.63, 3.8) is 0 Å². The predicted octanol–water partition coefficient (Wildman–Crippen LogP) is 5.23. The Bertz CT molecular complexity index is 1090. The number of anilines is 1. The van der Waals surface area contributed by atoms with Gasteiger partial charge in [-0.25, -0.2) is 4.98 Å². The third-order valence-electron chi connectivity index (χ3n) is 4.11. The molecule has 0 spiro atoms. The van der Waals surface area contributed by atoms with Crippen LogP contribution in [0.5, 0.6) is 5.75 Å². The number of aromatic hydroxyl groups is 1. The number of phenolic OH excluding ortho intramolecular Hbond substituents is 1. The number of nitrogens with one attached hydrogen (secondary N) is 1. The van der Waals surface area contributed by atoms with E-state index in [9.17, 15) is 9.90 Å². The van der Waals surface area contributed by atoms with Gasteiger partial charge in [-0.3, -0.25) is 4.79 Å². The monoisotopic (exact) mass is 360 g/mol. The van der Waals surface area contributed by atoms with E-state index >= 15 is 0 Å². The van der Waals surface area contributed by atoms with Gasteiger partial charge in [0.25, 0.3) is 5.91 Å². The Morgan fingerprint density at radius 3 is 2.62 bits per heavy atom. The number of nitrogens with zero attached hydrogens (tertiary/aromatic N) is 1. The molecule has 0 radical (unpaired) electrons. The summed E-state index contributed by atoms with van der Waals surface area (Å²) in [7, 11) is 0. The van der Waals surface area contributed by atoms with Crippen molar-refractivity contribution in [2.24, 2.45) is 0 Å². The van der Waals surface area contributed by atoms with Crippen LogP contribution in [0.2, 0.25) is 0 Å². The van der Waals surface area contributed by atoms with Gasteiger partial charge in [0.05, 0.1) is 21.7 Å². The van der Waals surface area contributed by atoms with Crippen molar-refractivity contribution in [1.29, 1.82) is 0 Å². The second kappa shape index (κ2) is 6.61. The molecule has 0 saturated carbocycles. The summed E-state index contributed by atoms with van der Waals surface area (Å²) in [6.07, 6.45) is 0. The van der Waals surface area contributed by atoms with Crippen LogP contribution in [0.4, 0.5) is 5.69 Å². The summed E-state index contributed by atoms with van der Waals surface area (Å²) >= 11 is 1.59. The van der Waals surface area contributed by atoms with E-state index in [1.165, 1.54) is 0 Å². The van der Waals surface area contributed by atoms with Crippen LogP contribution in [0, 0.1) is 6.92 Å². The second-order valence-electron chi connectivity index (χ2n) is 6.05. The van der Waals surface area contributed by atoms with Gasteiger partial charge in [-0.15, -0.1) is 11.3 Å². The quantitative estimate of drug-likeness (QED) is 0.492. The molecule has 0 aliphatic heterocycles. The molecule has 2 aromatic heterocycles. The van der Waals surface area contributed by atoms with E-state index in [2.05, 4.69) is 5.32 Å². The molecule has 2 heterocycles. The molecule has 4 rings (SSSR count). The number of pyridine rings is 1. The maximum Gasteiger partial charge on any atom is 0.256 e. The number of amides is 1. The third-order valence-corrected chi connectivity index (χ3v) is 5.00. The van der Waals surface area contributed by atoms with Gasteiger partial charge in [-0.1, -0.05) is 17.7 Å². The molecule has 0 fully saturated rings. The molecular formula is C21H16N2O2S. The van der Waals surface area contributed by atoms with E-state index in [4.69, 9.17) is 4.98 Å². The van der Waals surface area contributed by atoms with E-state index < -0.39 is 0 Å². The average molecular weight is 360 g/mol. The predicted molar refractivity (Wildman–Crippen MR) is 106 cm³/mol. The SMILES string of the molecule is Cc1ccc2nc(-c3cccs3)cc(C(=O)Nc3ccc(O)cc3)c2c1. The molecule has 0 aliphatic rings. The minimum atomic E-state index is -0.202. The molecular weight excluding hydrogens is 344 g/mol. The lowest BCUT2D eigenvalue weighted by atomic mass is 10.0. The summed E-state index contributed by atoms with van der Waals surface area (Å²) in [5.41, 5.74) is 3.85. The Labute approximate surface area is 154 Å². The molecule has 2 aromatic carbocycles. The smallest absolute Gasteiger partial charge is 0.256 e. The van der Waals surface area contributed by atoms with Crippen LogP contribution in [0.1, 0.15) is 15.9 Å². The zero-order valence-corrected chi connectivity index (χ0v) is 14.9. The standard InChI is InChI=1S/C21H16N2O2S/c1-13-4-9-18-16(11-13)17(12-19(23-18)20-3-2-10-26-20)21(25)22-14-5-7-15(24)8-6-14/h2-12,24H,1H3,(H,22,25). The van der Waals surface area contributed by atoms with Crippen LogP contribution in [0.25, 0.3) is 21.5 Å². The first kappa shape index (κ1) is 16.3. The first-order chi connectivity index (χ1) is 12.6. The molecule has 5 heteroatoms. The highest BCUT2D eigenvalue weighted by molar-refractivity contribution is 7.13. The normalized spacial score (nSPS) is 10.8. The van der Waals surface area contributed by atoms with E-state index in [1.807, 2.05) is 48.7 Å². The van der Waals surface area contributed by atoms with Crippen LogP contribution in [0.15, 0.2) is 66.0 Å². The van der Waals surface area contributed by atoms with Crippen molar-refractivity contribution in [3.8, 4) is 16.3 Å². The first-order valence-corrected chi connectivity index (χ1v) is 9.04. The Balaban J connectivity index is 1.82. The number of carbonyl (C=O) groups excluding carboxylic acids is 1. The van der Waals surface area contributed by atoms with Gasteiger partial charge in [0, 0.05) is 11.1 Å². The van der Waals surface area contributed by atoms with Gasteiger partial charge in [0.2, 0.25) is 0 Å². The molecule has 2 N–H and O–H groups in total. The van der Waals surface area contributed by atoms with Crippen molar-refractivity contribution >= 4 is 33.8 Å². The van der Waals surface area contributed by atoms with Crippen LogP contribution in [0.3, 0.4) is 0 Å². The maximum absolute atomic E-state index is 12.9. The fourth-order valence-corrected chi connectivity index (χ4v) is 3.51. The zero-order valence-electron chi connectivity index (χ0n) is 14.1. The van der Waals surface area contributed by atoms with Gasteiger partial charge < -0.3 is 10.4 Å². The maximum atomic E-state index is 12.9. The topological polar surface area (TPSA) is 62.2 Å². The lowest BCUT2D eigenvalue weighted by Gasteiger charge is -2.11. The van der Waals surface area contributed by atoms with Crippen molar-refractivity contribution in [2.45, 2.75) is 6.92 Å². The summed E-state index contributed by atoms with van der Waals surface area (Å²) in [5.74, 6) is -0.0422. The highest BCUT2D eigenvalue weighted by Crippen LogP contribution is 2.29. The van der Waals surface area contributed by atoms with Gasteiger partial charge in [0.1, 0.15) is 5.75 Å².